The number of aromatic nitrogens is 2. The first kappa shape index (κ1) is 8.25. The molecule has 1 atom stereocenters. The summed E-state index contributed by atoms with van der Waals surface area (Å²) < 4.78 is 5.46. The SMILES string of the molecule is O=c1cc(O[C@@H]2CCNC2)nc[nH]1. The summed E-state index contributed by atoms with van der Waals surface area (Å²) in [7, 11) is 0. The average Bonchev–Trinajstić information content (AvgIpc) is 2.57. The van der Waals surface area contributed by atoms with Gasteiger partial charge in [-0.2, -0.15) is 0 Å². The maximum Gasteiger partial charge on any atom is 0.254 e. The molecule has 5 heteroatoms. The highest BCUT2D eigenvalue weighted by Gasteiger charge is 2.16. The van der Waals surface area contributed by atoms with Gasteiger partial charge in [-0.25, -0.2) is 4.98 Å². The summed E-state index contributed by atoms with van der Waals surface area (Å²) in [4.78, 5) is 17.2. The van der Waals surface area contributed by atoms with Gasteiger partial charge in [-0.1, -0.05) is 0 Å². The van der Waals surface area contributed by atoms with Crippen molar-refractivity contribution in [3.63, 3.8) is 0 Å². The molecule has 2 heterocycles. The lowest BCUT2D eigenvalue weighted by Crippen LogP contribution is -2.21. The molecule has 1 saturated heterocycles. The second kappa shape index (κ2) is 3.57. The smallest absolute Gasteiger partial charge is 0.254 e. The molecule has 1 aliphatic heterocycles. The van der Waals surface area contributed by atoms with E-state index in [9.17, 15) is 4.79 Å². The summed E-state index contributed by atoms with van der Waals surface area (Å²) in [6, 6.07) is 1.36. The molecular weight excluding hydrogens is 170 g/mol. The van der Waals surface area contributed by atoms with E-state index in [1.165, 1.54) is 12.4 Å². The van der Waals surface area contributed by atoms with Gasteiger partial charge in [0.1, 0.15) is 6.10 Å². The van der Waals surface area contributed by atoms with E-state index in [2.05, 4.69) is 15.3 Å². The summed E-state index contributed by atoms with van der Waals surface area (Å²) in [5.74, 6) is 0.400. The van der Waals surface area contributed by atoms with Gasteiger partial charge < -0.3 is 15.0 Å². The third kappa shape index (κ3) is 2.06. The normalized spacial score (nSPS) is 21.7. The standard InChI is InChI=1S/C8H11N3O2/c12-7-3-8(11-5-10-7)13-6-1-2-9-4-6/h3,5-6,9H,1-2,4H2,(H,10,11,12)/t6-/m1/s1. The van der Waals surface area contributed by atoms with Gasteiger partial charge in [0, 0.05) is 6.54 Å². The maximum absolute atomic E-state index is 10.9. The van der Waals surface area contributed by atoms with Crippen molar-refractivity contribution in [2.45, 2.75) is 12.5 Å². The molecule has 0 saturated carbocycles. The number of H-pyrrole nitrogens is 1. The third-order valence-corrected chi connectivity index (χ3v) is 1.96. The van der Waals surface area contributed by atoms with Crippen LogP contribution < -0.4 is 15.6 Å². The third-order valence-electron chi connectivity index (χ3n) is 1.96. The summed E-state index contributed by atoms with van der Waals surface area (Å²) in [5, 5.41) is 3.17. The maximum atomic E-state index is 10.9. The Hall–Kier alpha value is -1.36. The molecule has 0 amide bonds. The number of hydrogen-bond acceptors (Lipinski definition) is 4. The molecular formula is C8H11N3O2. The zero-order valence-corrected chi connectivity index (χ0v) is 7.12. The number of aromatic amines is 1. The van der Waals surface area contributed by atoms with Crippen LogP contribution in [-0.4, -0.2) is 29.2 Å². The topological polar surface area (TPSA) is 67.0 Å². The molecule has 2 rings (SSSR count). The first-order valence-electron chi connectivity index (χ1n) is 4.27. The van der Waals surface area contributed by atoms with Crippen molar-refractivity contribution in [3.05, 3.63) is 22.7 Å². The average molecular weight is 181 g/mol. The quantitative estimate of drug-likeness (QED) is 0.646. The number of hydrogen-bond donors (Lipinski definition) is 2. The van der Waals surface area contributed by atoms with E-state index >= 15 is 0 Å². The molecule has 5 nitrogen and oxygen atoms in total. The van der Waals surface area contributed by atoms with Gasteiger partial charge in [-0.05, 0) is 13.0 Å². The number of ether oxygens (including phenoxy) is 1. The van der Waals surface area contributed by atoms with Crippen LogP contribution in [0.25, 0.3) is 0 Å². The second-order valence-electron chi connectivity index (χ2n) is 2.98. The van der Waals surface area contributed by atoms with Crippen molar-refractivity contribution in [3.8, 4) is 5.88 Å². The van der Waals surface area contributed by atoms with Crippen molar-refractivity contribution in [1.82, 2.24) is 15.3 Å². The van der Waals surface area contributed by atoms with Gasteiger partial charge >= 0.3 is 0 Å². The van der Waals surface area contributed by atoms with Gasteiger partial charge in [-0.15, -0.1) is 0 Å². The Kier molecular flexibility index (Phi) is 2.27. The van der Waals surface area contributed by atoms with Crippen LogP contribution in [-0.2, 0) is 0 Å². The first-order valence-corrected chi connectivity index (χ1v) is 4.27. The molecule has 1 aliphatic rings. The molecule has 70 valence electrons. The first-order chi connectivity index (χ1) is 6.34. The summed E-state index contributed by atoms with van der Waals surface area (Å²) in [5.41, 5.74) is -0.184. The second-order valence-corrected chi connectivity index (χ2v) is 2.98. The molecule has 0 bridgehead atoms. The van der Waals surface area contributed by atoms with E-state index in [4.69, 9.17) is 4.74 Å². The molecule has 0 unspecified atom stereocenters. The van der Waals surface area contributed by atoms with Crippen molar-refractivity contribution >= 4 is 0 Å². The van der Waals surface area contributed by atoms with E-state index in [0.29, 0.717) is 5.88 Å². The molecule has 0 aromatic carbocycles. The fourth-order valence-electron chi connectivity index (χ4n) is 1.31. The van der Waals surface area contributed by atoms with Gasteiger partial charge in [0.25, 0.3) is 5.56 Å². The number of nitrogens with zero attached hydrogens (tertiary/aromatic N) is 1. The zero-order valence-electron chi connectivity index (χ0n) is 7.12. The lowest BCUT2D eigenvalue weighted by molar-refractivity contribution is 0.213. The van der Waals surface area contributed by atoms with Crippen molar-refractivity contribution in [2.75, 3.05) is 13.1 Å². The molecule has 1 fully saturated rings. The molecule has 0 spiro atoms. The van der Waals surface area contributed by atoms with E-state index in [0.717, 1.165) is 19.5 Å². The molecule has 0 aliphatic carbocycles. The Morgan fingerprint density at radius 2 is 2.54 bits per heavy atom. The monoisotopic (exact) mass is 181 g/mol. The Balaban J connectivity index is 2.04. The van der Waals surface area contributed by atoms with Crippen LogP contribution in [0.4, 0.5) is 0 Å². The minimum atomic E-state index is -0.184. The number of rotatable bonds is 2. The van der Waals surface area contributed by atoms with Gasteiger partial charge in [0.05, 0.1) is 12.4 Å². The van der Waals surface area contributed by atoms with Crippen LogP contribution in [0.1, 0.15) is 6.42 Å². The van der Waals surface area contributed by atoms with Crippen molar-refractivity contribution in [2.24, 2.45) is 0 Å². The van der Waals surface area contributed by atoms with Crippen LogP contribution >= 0.6 is 0 Å². The number of nitrogens with one attached hydrogen (secondary N) is 2. The lowest BCUT2D eigenvalue weighted by atomic mass is 10.3. The fourth-order valence-corrected chi connectivity index (χ4v) is 1.31. The predicted octanol–water partition coefficient (Wildman–Crippen LogP) is -0.489. The van der Waals surface area contributed by atoms with E-state index in [-0.39, 0.29) is 11.7 Å². The van der Waals surface area contributed by atoms with Crippen LogP contribution in [0.5, 0.6) is 5.88 Å². The van der Waals surface area contributed by atoms with Gasteiger partial charge in [0.2, 0.25) is 5.88 Å². The van der Waals surface area contributed by atoms with Crippen LogP contribution in [0.3, 0.4) is 0 Å². The Morgan fingerprint density at radius 3 is 3.23 bits per heavy atom. The van der Waals surface area contributed by atoms with Gasteiger partial charge in [0.15, 0.2) is 0 Å². The van der Waals surface area contributed by atoms with E-state index < -0.39 is 0 Å². The molecule has 13 heavy (non-hydrogen) atoms. The Morgan fingerprint density at radius 1 is 1.62 bits per heavy atom. The van der Waals surface area contributed by atoms with Crippen molar-refractivity contribution in [1.29, 1.82) is 0 Å². The van der Waals surface area contributed by atoms with E-state index in [1.54, 1.807) is 0 Å². The van der Waals surface area contributed by atoms with Crippen LogP contribution in [0.15, 0.2) is 17.2 Å². The van der Waals surface area contributed by atoms with Crippen LogP contribution in [0.2, 0.25) is 0 Å². The Labute approximate surface area is 75.1 Å². The molecule has 2 N–H and O–H groups in total. The highest BCUT2D eigenvalue weighted by Crippen LogP contribution is 2.08. The fraction of sp³-hybridized carbons (Fsp3) is 0.500. The highest BCUT2D eigenvalue weighted by molar-refractivity contribution is 5.05. The van der Waals surface area contributed by atoms with Crippen LogP contribution in [0, 0.1) is 0 Å². The molecule has 1 aromatic rings. The summed E-state index contributed by atoms with van der Waals surface area (Å²) in [6.07, 6.45) is 2.46. The highest BCUT2D eigenvalue weighted by atomic mass is 16.5. The molecule has 0 radical (unpaired) electrons. The van der Waals surface area contributed by atoms with E-state index in [1.807, 2.05) is 0 Å². The minimum absolute atomic E-state index is 0.147. The predicted molar refractivity (Wildman–Crippen MR) is 46.8 cm³/mol. The zero-order chi connectivity index (χ0) is 9.10. The molecule has 1 aromatic heterocycles. The summed E-state index contributed by atoms with van der Waals surface area (Å²) in [6.45, 7) is 1.79. The largest absolute Gasteiger partial charge is 0.473 e. The van der Waals surface area contributed by atoms with Gasteiger partial charge in [-0.3, -0.25) is 4.79 Å². The lowest BCUT2D eigenvalue weighted by Gasteiger charge is -2.09. The summed E-state index contributed by atoms with van der Waals surface area (Å²) >= 11 is 0. The minimum Gasteiger partial charge on any atom is -0.473 e. The Bertz CT molecular complexity index is 330. The van der Waals surface area contributed by atoms with Crippen molar-refractivity contribution < 1.29 is 4.74 Å².